The molecule has 1 atom stereocenters. The maximum absolute atomic E-state index is 11.6. The second kappa shape index (κ2) is 7.80. The number of rotatable bonds is 7. The Balaban J connectivity index is 2.48. The van der Waals surface area contributed by atoms with Gasteiger partial charge in [-0.1, -0.05) is 12.1 Å². The molecule has 0 saturated carbocycles. The molecule has 1 aliphatic rings. The number of oxime groups is 1. The predicted molar refractivity (Wildman–Crippen MR) is 79.3 cm³/mol. The van der Waals surface area contributed by atoms with E-state index in [1.54, 1.807) is 4.31 Å². The summed E-state index contributed by atoms with van der Waals surface area (Å²) in [5, 5.41) is 11.5. The van der Waals surface area contributed by atoms with Gasteiger partial charge in [0.05, 0.1) is 6.26 Å². The summed E-state index contributed by atoms with van der Waals surface area (Å²) in [6.45, 7) is 5.73. The van der Waals surface area contributed by atoms with E-state index in [4.69, 9.17) is 10.9 Å². The zero-order valence-corrected chi connectivity index (χ0v) is 13.1. The molecule has 0 aliphatic carbocycles. The molecule has 7 nitrogen and oxygen atoms in total. The molecule has 0 spiro atoms. The van der Waals surface area contributed by atoms with Crippen molar-refractivity contribution in [2.45, 2.75) is 26.2 Å². The lowest BCUT2D eigenvalue weighted by Crippen LogP contribution is -2.43. The first-order chi connectivity index (χ1) is 9.36. The molecular formula is C12H26N4O3S. The number of piperidine rings is 1. The Morgan fingerprint density at radius 1 is 1.55 bits per heavy atom. The van der Waals surface area contributed by atoms with E-state index in [2.05, 4.69) is 17.0 Å². The van der Waals surface area contributed by atoms with Crippen molar-refractivity contribution in [3.05, 3.63) is 0 Å². The van der Waals surface area contributed by atoms with Gasteiger partial charge in [-0.15, -0.1) is 0 Å². The summed E-state index contributed by atoms with van der Waals surface area (Å²) in [7, 11) is -3.09. The summed E-state index contributed by atoms with van der Waals surface area (Å²) in [5.41, 5.74) is 5.47. The summed E-state index contributed by atoms with van der Waals surface area (Å²) >= 11 is 0. The van der Waals surface area contributed by atoms with Crippen LogP contribution in [-0.2, 0) is 10.0 Å². The van der Waals surface area contributed by atoms with Crippen LogP contribution in [-0.4, -0.2) is 67.6 Å². The summed E-state index contributed by atoms with van der Waals surface area (Å²) in [6, 6.07) is 0. The summed E-state index contributed by atoms with van der Waals surface area (Å²) in [4.78, 5) is 2.22. The van der Waals surface area contributed by atoms with Crippen LogP contribution in [0.5, 0.6) is 0 Å². The Hall–Kier alpha value is -0.860. The van der Waals surface area contributed by atoms with Crippen molar-refractivity contribution in [1.29, 1.82) is 0 Å². The standard InChI is InChI=1S/C12H26N4O3S/c1-3-15(8-6-12(13)14-17)9-11-5-4-7-16(10-11)20(2,18)19/h11,17H,3-10H2,1-2H3,(H2,13,14). The molecular weight excluding hydrogens is 280 g/mol. The topological polar surface area (TPSA) is 99.2 Å². The van der Waals surface area contributed by atoms with Crippen LogP contribution in [0.25, 0.3) is 0 Å². The normalized spacial score (nSPS) is 22.4. The molecule has 1 heterocycles. The molecule has 1 fully saturated rings. The molecule has 118 valence electrons. The average molecular weight is 306 g/mol. The van der Waals surface area contributed by atoms with Crippen LogP contribution >= 0.6 is 0 Å². The monoisotopic (exact) mass is 306 g/mol. The minimum atomic E-state index is -3.09. The minimum absolute atomic E-state index is 0.227. The first-order valence-corrected chi connectivity index (χ1v) is 8.85. The van der Waals surface area contributed by atoms with Crippen molar-refractivity contribution < 1.29 is 13.6 Å². The number of nitrogens with zero attached hydrogens (tertiary/aromatic N) is 3. The van der Waals surface area contributed by atoms with Crippen LogP contribution in [0.1, 0.15) is 26.2 Å². The lowest BCUT2D eigenvalue weighted by molar-refractivity contribution is 0.186. The smallest absolute Gasteiger partial charge is 0.211 e. The van der Waals surface area contributed by atoms with Crippen molar-refractivity contribution in [1.82, 2.24) is 9.21 Å². The van der Waals surface area contributed by atoms with Crippen LogP contribution in [0.2, 0.25) is 0 Å². The average Bonchev–Trinajstić information content (AvgIpc) is 2.42. The fraction of sp³-hybridized carbons (Fsp3) is 0.917. The maximum Gasteiger partial charge on any atom is 0.211 e. The molecule has 0 amide bonds. The van der Waals surface area contributed by atoms with Gasteiger partial charge in [0.25, 0.3) is 0 Å². The van der Waals surface area contributed by atoms with E-state index in [1.807, 2.05) is 0 Å². The molecule has 20 heavy (non-hydrogen) atoms. The van der Waals surface area contributed by atoms with Crippen molar-refractivity contribution >= 4 is 15.9 Å². The first kappa shape index (κ1) is 17.2. The van der Waals surface area contributed by atoms with Gasteiger partial charge in [-0.25, -0.2) is 12.7 Å². The van der Waals surface area contributed by atoms with Gasteiger partial charge in [0.1, 0.15) is 5.84 Å². The summed E-state index contributed by atoms with van der Waals surface area (Å²) in [6.07, 6.45) is 3.75. The van der Waals surface area contributed by atoms with Crippen molar-refractivity contribution in [3.8, 4) is 0 Å². The fourth-order valence-electron chi connectivity index (χ4n) is 2.54. The molecule has 8 heteroatoms. The molecule has 0 aromatic rings. The van der Waals surface area contributed by atoms with Crippen LogP contribution in [0, 0.1) is 5.92 Å². The van der Waals surface area contributed by atoms with Gasteiger partial charge in [0.2, 0.25) is 10.0 Å². The highest BCUT2D eigenvalue weighted by Gasteiger charge is 2.26. The van der Waals surface area contributed by atoms with Crippen molar-refractivity contribution in [2.24, 2.45) is 16.8 Å². The largest absolute Gasteiger partial charge is 0.409 e. The fourth-order valence-corrected chi connectivity index (χ4v) is 3.49. The molecule has 0 aromatic heterocycles. The number of hydrogen-bond donors (Lipinski definition) is 2. The third kappa shape index (κ3) is 5.64. The summed E-state index contributed by atoms with van der Waals surface area (Å²) < 4.78 is 24.8. The summed E-state index contributed by atoms with van der Waals surface area (Å²) in [5.74, 6) is 0.579. The van der Waals surface area contributed by atoms with E-state index in [0.29, 0.717) is 25.4 Å². The van der Waals surface area contributed by atoms with Gasteiger partial charge < -0.3 is 15.8 Å². The second-order valence-corrected chi connectivity index (χ2v) is 7.35. The van der Waals surface area contributed by atoms with Gasteiger partial charge in [-0.2, -0.15) is 0 Å². The van der Waals surface area contributed by atoms with E-state index in [0.717, 1.165) is 32.5 Å². The minimum Gasteiger partial charge on any atom is -0.409 e. The van der Waals surface area contributed by atoms with Gasteiger partial charge in [-0.3, -0.25) is 0 Å². The van der Waals surface area contributed by atoms with Crippen LogP contribution < -0.4 is 5.73 Å². The zero-order chi connectivity index (χ0) is 15.2. The van der Waals surface area contributed by atoms with E-state index in [1.165, 1.54) is 6.26 Å². The molecule has 1 aliphatic heterocycles. The lowest BCUT2D eigenvalue weighted by Gasteiger charge is -2.34. The Labute approximate surface area is 121 Å². The molecule has 0 bridgehead atoms. The van der Waals surface area contributed by atoms with Crippen LogP contribution in [0.15, 0.2) is 5.16 Å². The van der Waals surface area contributed by atoms with E-state index < -0.39 is 10.0 Å². The molecule has 0 radical (unpaired) electrons. The number of sulfonamides is 1. The second-order valence-electron chi connectivity index (χ2n) is 5.36. The predicted octanol–water partition coefficient (Wildman–Crippen LogP) is 0.116. The van der Waals surface area contributed by atoms with E-state index >= 15 is 0 Å². The Morgan fingerprint density at radius 2 is 2.25 bits per heavy atom. The number of amidine groups is 1. The molecule has 1 unspecified atom stereocenters. The quantitative estimate of drug-likeness (QED) is 0.301. The Kier molecular flexibility index (Phi) is 6.70. The maximum atomic E-state index is 11.6. The third-order valence-electron chi connectivity index (χ3n) is 3.73. The van der Waals surface area contributed by atoms with Gasteiger partial charge in [0, 0.05) is 32.6 Å². The molecule has 3 N–H and O–H groups in total. The highest BCUT2D eigenvalue weighted by Crippen LogP contribution is 2.19. The highest BCUT2D eigenvalue weighted by molar-refractivity contribution is 7.88. The van der Waals surface area contributed by atoms with Crippen LogP contribution in [0.3, 0.4) is 0 Å². The lowest BCUT2D eigenvalue weighted by atomic mass is 9.99. The van der Waals surface area contributed by atoms with Crippen molar-refractivity contribution in [2.75, 3.05) is 39.0 Å². The van der Waals surface area contributed by atoms with Gasteiger partial charge >= 0.3 is 0 Å². The zero-order valence-electron chi connectivity index (χ0n) is 12.3. The highest BCUT2D eigenvalue weighted by atomic mass is 32.2. The third-order valence-corrected chi connectivity index (χ3v) is 5.00. The number of hydrogen-bond acceptors (Lipinski definition) is 5. The SMILES string of the molecule is CCN(CCC(N)=NO)CC1CCCN(S(C)(=O)=O)C1. The van der Waals surface area contributed by atoms with Gasteiger partial charge in [-0.05, 0) is 25.3 Å². The molecule has 1 saturated heterocycles. The Bertz CT molecular complexity index is 424. The molecule has 1 rings (SSSR count). The first-order valence-electron chi connectivity index (χ1n) is 7.00. The van der Waals surface area contributed by atoms with Gasteiger partial charge in [0.15, 0.2) is 0 Å². The van der Waals surface area contributed by atoms with E-state index in [9.17, 15) is 8.42 Å². The van der Waals surface area contributed by atoms with Crippen molar-refractivity contribution in [3.63, 3.8) is 0 Å². The number of nitrogens with two attached hydrogens (primary N) is 1. The van der Waals surface area contributed by atoms with Crippen LogP contribution in [0.4, 0.5) is 0 Å². The Morgan fingerprint density at radius 3 is 2.80 bits per heavy atom. The van der Waals surface area contributed by atoms with E-state index in [-0.39, 0.29) is 5.84 Å². The molecule has 0 aromatic carbocycles.